The molecule has 0 spiro atoms. The Balaban J connectivity index is 2.90. The van der Waals surface area contributed by atoms with Gasteiger partial charge in [-0.15, -0.1) is 0 Å². The van der Waals surface area contributed by atoms with Gasteiger partial charge in [0.1, 0.15) is 17.5 Å². The molecule has 5 heteroatoms. The van der Waals surface area contributed by atoms with Gasteiger partial charge in [0.25, 0.3) is 0 Å². The highest BCUT2D eigenvalue weighted by Gasteiger charge is 2.19. The molecular weight excluding hydrogens is 264 g/mol. The third-order valence-electron chi connectivity index (χ3n) is 3.10. The molecule has 1 aromatic heterocycles. The van der Waals surface area contributed by atoms with Crippen LogP contribution in [0.1, 0.15) is 53.3 Å². The fourth-order valence-electron chi connectivity index (χ4n) is 1.82. The minimum absolute atomic E-state index is 0.0733. The zero-order valence-electron chi connectivity index (χ0n) is 14.3. The number of hydrogen-bond donors (Lipinski definition) is 2. The zero-order valence-corrected chi connectivity index (χ0v) is 14.3. The maximum absolute atomic E-state index is 5.12. The summed E-state index contributed by atoms with van der Waals surface area (Å²) < 4.78 is 5.12. The van der Waals surface area contributed by atoms with Gasteiger partial charge in [-0.25, -0.2) is 9.97 Å². The van der Waals surface area contributed by atoms with Crippen molar-refractivity contribution in [3.8, 4) is 0 Å². The van der Waals surface area contributed by atoms with Crippen LogP contribution in [0.3, 0.4) is 0 Å². The van der Waals surface area contributed by atoms with Gasteiger partial charge in [0.05, 0.1) is 0 Å². The summed E-state index contributed by atoms with van der Waals surface area (Å²) in [4.78, 5) is 9.28. The minimum atomic E-state index is -0.0733. The van der Waals surface area contributed by atoms with Crippen LogP contribution in [0.15, 0.2) is 6.07 Å². The second-order valence-corrected chi connectivity index (χ2v) is 6.47. The lowest BCUT2D eigenvalue weighted by Crippen LogP contribution is -2.22. The first-order chi connectivity index (χ1) is 9.86. The number of ether oxygens (including phenoxy) is 1. The lowest BCUT2D eigenvalue weighted by molar-refractivity contribution is 0.191. The summed E-state index contributed by atoms with van der Waals surface area (Å²) in [6.07, 6.45) is 2.02. The van der Waals surface area contributed by atoms with Gasteiger partial charge in [0, 0.05) is 37.8 Å². The van der Waals surface area contributed by atoms with Crippen molar-refractivity contribution in [3.05, 3.63) is 11.9 Å². The van der Waals surface area contributed by atoms with Crippen LogP contribution >= 0.6 is 0 Å². The van der Waals surface area contributed by atoms with Crippen LogP contribution in [0.4, 0.5) is 11.6 Å². The Bertz CT molecular complexity index is 429. The molecule has 0 aliphatic heterocycles. The Labute approximate surface area is 128 Å². The molecule has 0 aromatic carbocycles. The molecule has 1 rings (SSSR count). The van der Waals surface area contributed by atoms with Crippen molar-refractivity contribution in [2.45, 2.75) is 58.9 Å². The molecule has 120 valence electrons. The molecule has 0 fully saturated rings. The summed E-state index contributed by atoms with van der Waals surface area (Å²) in [7, 11) is 1.72. The van der Waals surface area contributed by atoms with E-state index in [1.54, 1.807) is 7.11 Å². The number of aromatic nitrogens is 2. The highest BCUT2D eigenvalue weighted by atomic mass is 16.5. The SMILES string of the molecule is CCCNc1cc(NC(C)CCOC)nc(C(C)(C)C)n1. The number of rotatable bonds is 8. The van der Waals surface area contributed by atoms with Gasteiger partial charge in [0.15, 0.2) is 0 Å². The largest absolute Gasteiger partial charge is 0.385 e. The van der Waals surface area contributed by atoms with E-state index in [4.69, 9.17) is 4.74 Å². The van der Waals surface area contributed by atoms with Crippen molar-refractivity contribution in [2.24, 2.45) is 0 Å². The molecule has 0 aliphatic rings. The second kappa shape index (κ2) is 8.17. The monoisotopic (exact) mass is 294 g/mol. The number of methoxy groups -OCH3 is 1. The van der Waals surface area contributed by atoms with E-state index in [-0.39, 0.29) is 5.41 Å². The van der Waals surface area contributed by atoms with E-state index in [9.17, 15) is 0 Å². The van der Waals surface area contributed by atoms with Gasteiger partial charge in [-0.05, 0) is 19.8 Å². The lowest BCUT2D eigenvalue weighted by atomic mass is 9.96. The molecule has 5 nitrogen and oxygen atoms in total. The second-order valence-electron chi connectivity index (χ2n) is 6.47. The number of nitrogens with one attached hydrogen (secondary N) is 2. The predicted molar refractivity (Wildman–Crippen MR) is 89.1 cm³/mol. The number of nitrogens with zero attached hydrogens (tertiary/aromatic N) is 2. The average molecular weight is 294 g/mol. The maximum atomic E-state index is 5.12. The van der Waals surface area contributed by atoms with Crippen molar-refractivity contribution >= 4 is 11.6 Å². The first-order valence-corrected chi connectivity index (χ1v) is 7.75. The lowest BCUT2D eigenvalue weighted by Gasteiger charge is -2.21. The van der Waals surface area contributed by atoms with E-state index >= 15 is 0 Å². The summed E-state index contributed by atoms with van der Waals surface area (Å²) in [5, 5.41) is 6.78. The number of anilines is 2. The molecule has 0 aliphatic carbocycles. The minimum Gasteiger partial charge on any atom is -0.385 e. The topological polar surface area (TPSA) is 59.1 Å². The van der Waals surface area contributed by atoms with Crippen LogP contribution in [0.5, 0.6) is 0 Å². The normalized spacial score (nSPS) is 13.0. The summed E-state index contributed by atoms with van der Waals surface area (Å²) in [6.45, 7) is 12.3. The van der Waals surface area contributed by atoms with Crippen LogP contribution in [0.2, 0.25) is 0 Å². The van der Waals surface area contributed by atoms with Crippen molar-refractivity contribution in [3.63, 3.8) is 0 Å². The van der Waals surface area contributed by atoms with Crippen LogP contribution in [-0.2, 0) is 10.2 Å². The molecule has 1 atom stereocenters. The van der Waals surface area contributed by atoms with E-state index in [1.165, 1.54) is 0 Å². The van der Waals surface area contributed by atoms with Gasteiger partial charge >= 0.3 is 0 Å². The highest BCUT2D eigenvalue weighted by Crippen LogP contribution is 2.22. The Morgan fingerprint density at radius 2 is 1.90 bits per heavy atom. The molecule has 0 amide bonds. The highest BCUT2D eigenvalue weighted by molar-refractivity contribution is 5.48. The van der Waals surface area contributed by atoms with E-state index in [0.717, 1.165) is 43.5 Å². The van der Waals surface area contributed by atoms with Crippen molar-refractivity contribution in [1.29, 1.82) is 0 Å². The fourth-order valence-corrected chi connectivity index (χ4v) is 1.82. The molecule has 0 radical (unpaired) electrons. The maximum Gasteiger partial charge on any atom is 0.138 e. The van der Waals surface area contributed by atoms with E-state index < -0.39 is 0 Å². The van der Waals surface area contributed by atoms with Gasteiger partial charge in [-0.3, -0.25) is 0 Å². The first kappa shape index (κ1) is 17.7. The molecule has 1 unspecified atom stereocenters. The van der Waals surface area contributed by atoms with Crippen molar-refractivity contribution in [1.82, 2.24) is 9.97 Å². The zero-order chi connectivity index (χ0) is 15.9. The molecule has 0 saturated carbocycles. The van der Waals surface area contributed by atoms with Gasteiger partial charge < -0.3 is 15.4 Å². The molecular formula is C16H30N4O. The Morgan fingerprint density at radius 1 is 1.24 bits per heavy atom. The van der Waals surface area contributed by atoms with Crippen LogP contribution in [0.25, 0.3) is 0 Å². The van der Waals surface area contributed by atoms with Gasteiger partial charge in [-0.2, -0.15) is 0 Å². The quantitative estimate of drug-likeness (QED) is 0.769. The summed E-state index contributed by atoms with van der Waals surface area (Å²) >= 11 is 0. The van der Waals surface area contributed by atoms with Gasteiger partial charge in [0.2, 0.25) is 0 Å². The van der Waals surface area contributed by atoms with E-state index in [1.807, 2.05) is 6.07 Å². The van der Waals surface area contributed by atoms with Gasteiger partial charge in [-0.1, -0.05) is 27.7 Å². The molecule has 0 bridgehead atoms. The summed E-state index contributed by atoms with van der Waals surface area (Å²) in [6, 6.07) is 2.29. The van der Waals surface area contributed by atoms with E-state index in [0.29, 0.717) is 6.04 Å². The van der Waals surface area contributed by atoms with E-state index in [2.05, 4.69) is 55.2 Å². The molecule has 2 N–H and O–H groups in total. The Hall–Kier alpha value is -1.36. The molecule has 0 saturated heterocycles. The fraction of sp³-hybridized carbons (Fsp3) is 0.750. The molecule has 1 heterocycles. The predicted octanol–water partition coefficient (Wildman–Crippen LogP) is 3.43. The molecule has 1 aromatic rings. The third-order valence-corrected chi connectivity index (χ3v) is 3.10. The van der Waals surface area contributed by atoms with Crippen LogP contribution in [0, 0.1) is 0 Å². The smallest absolute Gasteiger partial charge is 0.138 e. The van der Waals surface area contributed by atoms with Crippen LogP contribution in [-0.4, -0.2) is 36.3 Å². The summed E-state index contributed by atoms with van der Waals surface area (Å²) in [5.74, 6) is 2.61. The first-order valence-electron chi connectivity index (χ1n) is 7.75. The third kappa shape index (κ3) is 6.29. The van der Waals surface area contributed by atoms with Crippen molar-refractivity contribution in [2.75, 3.05) is 30.9 Å². The summed E-state index contributed by atoms with van der Waals surface area (Å²) in [5.41, 5.74) is -0.0733. The standard InChI is InChI=1S/C16H30N4O/c1-7-9-17-13-11-14(18-12(2)8-10-21-6)20-15(19-13)16(3,4)5/h11-12H,7-10H2,1-6H3,(H2,17,18,19,20). The average Bonchev–Trinajstić information content (AvgIpc) is 2.41. The van der Waals surface area contributed by atoms with Crippen LogP contribution < -0.4 is 10.6 Å². The Morgan fingerprint density at radius 3 is 2.48 bits per heavy atom. The number of hydrogen-bond acceptors (Lipinski definition) is 5. The molecule has 21 heavy (non-hydrogen) atoms. The Kier molecular flexibility index (Phi) is 6.89. The van der Waals surface area contributed by atoms with Crippen molar-refractivity contribution < 1.29 is 4.74 Å².